The minimum atomic E-state index is -4.34. The van der Waals surface area contributed by atoms with Crippen LogP contribution in [-0.2, 0) is 21.2 Å². The molecule has 0 aliphatic rings. The molecule has 0 aromatic heterocycles. The molecule has 4 aromatic rings. The molecule has 7 nitrogen and oxygen atoms in total. The van der Waals surface area contributed by atoms with Crippen molar-refractivity contribution < 1.29 is 23.1 Å². The molecular formula is C28H20Cl2N2O5S. The number of nitrogens with zero attached hydrogens (tertiary/aromatic N) is 2. The van der Waals surface area contributed by atoms with Crippen molar-refractivity contribution in [3.8, 4) is 6.07 Å². The van der Waals surface area contributed by atoms with E-state index >= 15 is 0 Å². The number of aliphatic carboxylic acids is 1. The molecule has 0 spiro atoms. The van der Waals surface area contributed by atoms with Crippen molar-refractivity contribution in [3.63, 3.8) is 0 Å². The van der Waals surface area contributed by atoms with E-state index in [1.807, 2.05) is 12.1 Å². The monoisotopic (exact) mass is 566 g/mol. The summed E-state index contributed by atoms with van der Waals surface area (Å²) in [6.07, 6.45) is 0.730. The molecule has 4 rings (SSSR count). The summed E-state index contributed by atoms with van der Waals surface area (Å²) in [6, 6.07) is 22.6. The lowest BCUT2D eigenvalue weighted by molar-refractivity contribution is -0.135. The maximum Gasteiger partial charge on any atom is 0.324 e. The summed E-state index contributed by atoms with van der Waals surface area (Å²) in [5.74, 6) is -1.45. The third-order valence-corrected chi connectivity index (χ3v) is 8.07. The van der Waals surface area contributed by atoms with Crippen molar-refractivity contribution in [2.75, 3.05) is 10.8 Å². The standard InChI is InChI=1S/C28H20Cl2N2O5S/c29-21-13-22(30)15-24(14-21)38(36,37)32(17-28(34)35)23-9-10-25-20(12-23)2-1-3-26(25)27(33)11-8-18-4-6-19(16-31)7-5-18/h1-7,9-10,12-15H,8,11,17H2,(H,34,35). The Labute approximate surface area is 229 Å². The van der Waals surface area contributed by atoms with Gasteiger partial charge in [-0.2, -0.15) is 5.26 Å². The van der Waals surface area contributed by atoms with Crippen LogP contribution in [0.15, 0.2) is 83.8 Å². The van der Waals surface area contributed by atoms with Crippen LogP contribution in [0.3, 0.4) is 0 Å². The van der Waals surface area contributed by atoms with E-state index in [-0.39, 0.29) is 32.8 Å². The zero-order valence-electron chi connectivity index (χ0n) is 19.8. The summed E-state index contributed by atoms with van der Waals surface area (Å²) >= 11 is 12.0. The Morgan fingerprint density at radius 2 is 1.61 bits per heavy atom. The van der Waals surface area contributed by atoms with Crippen LogP contribution in [0.4, 0.5) is 5.69 Å². The zero-order chi connectivity index (χ0) is 27.4. The lowest BCUT2D eigenvalue weighted by Gasteiger charge is -2.23. The quantitative estimate of drug-likeness (QED) is 0.244. The third kappa shape index (κ3) is 5.97. The molecule has 4 aromatic carbocycles. The summed E-state index contributed by atoms with van der Waals surface area (Å²) in [5, 5.41) is 19.8. The summed E-state index contributed by atoms with van der Waals surface area (Å²) < 4.78 is 27.6. The first-order valence-electron chi connectivity index (χ1n) is 11.3. The van der Waals surface area contributed by atoms with Crippen LogP contribution in [0.2, 0.25) is 10.0 Å². The van der Waals surface area contributed by atoms with Crippen LogP contribution in [0.5, 0.6) is 0 Å². The smallest absolute Gasteiger partial charge is 0.324 e. The number of halogens is 2. The number of hydrogen-bond acceptors (Lipinski definition) is 5. The predicted octanol–water partition coefficient (Wildman–Crippen LogP) is 6.11. The second-order valence-corrected chi connectivity index (χ2v) is 11.2. The van der Waals surface area contributed by atoms with Gasteiger partial charge in [-0.1, -0.05) is 59.6 Å². The Morgan fingerprint density at radius 1 is 0.921 bits per heavy atom. The van der Waals surface area contributed by atoms with E-state index < -0.39 is 22.5 Å². The van der Waals surface area contributed by atoms with E-state index in [0.717, 1.165) is 9.87 Å². The summed E-state index contributed by atoms with van der Waals surface area (Å²) in [6.45, 7) is -0.832. The van der Waals surface area contributed by atoms with Crippen LogP contribution >= 0.6 is 23.2 Å². The van der Waals surface area contributed by atoms with E-state index in [1.54, 1.807) is 36.4 Å². The molecule has 0 radical (unpaired) electrons. The van der Waals surface area contributed by atoms with Gasteiger partial charge in [0.1, 0.15) is 6.54 Å². The molecule has 0 aliphatic carbocycles. The Hall–Kier alpha value is -3.90. The summed E-state index contributed by atoms with van der Waals surface area (Å²) in [5.41, 5.74) is 2.05. The molecule has 192 valence electrons. The largest absolute Gasteiger partial charge is 0.480 e. The number of aryl methyl sites for hydroxylation is 1. The second kappa shape index (κ2) is 11.2. The highest BCUT2D eigenvalue weighted by molar-refractivity contribution is 7.92. The number of rotatable bonds is 9. The Bertz CT molecular complexity index is 1680. The van der Waals surface area contributed by atoms with Gasteiger partial charge in [-0.05, 0) is 65.2 Å². The first kappa shape index (κ1) is 27.1. The van der Waals surface area contributed by atoms with Gasteiger partial charge in [0.2, 0.25) is 0 Å². The fourth-order valence-electron chi connectivity index (χ4n) is 4.05. The molecule has 0 bridgehead atoms. The van der Waals surface area contributed by atoms with Crippen molar-refractivity contribution in [2.24, 2.45) is 0 Å². The second-order valence-electron chi connectivity index (χ2n) is 8.45. The number of fused-ring (bicyclic) bond motifs is 1. The van der Waals surface area contributed by atoms with E-state index in [1.165, 1.54) is 30.3 Å². The molecule has 1 N–H and O–H groups in total. The summed E-state index contributed by atoms with van der Waals surface area (Å²) in [7, 11) is -4.34. The van der Waals surface area contributed by atoms with Crippen LogP contribution in [0.1, 0.15) is 27.9 Å². The normalized spacial score (nSPS) is 11.2. The van der Waals surface area contributed by atoms with Gasteiger partial charge < -0.3 is 5.11 Å². The highest BCUT2D eigenvalue weighted by Gasteiger charge is 2.28. The molecule has 38 heavy (non-hydrogen) atoms. The number of anilines is 1. The number of sulfonamides is 1. The molecule has 0 unspecified atom stereocenters. The fraction of sp³-hybridized carbons (Fsp3) is 0.107. The van der Waals surface area contributed by atoms with Crippen molar-refractivity contribution in [1.82, 2.24) is 0 Å². The van der Waals surface area contributed by atoms with Gasteiger partial charge in [0, 0.05) is 22.0 Å². The van der Waals surface area contributed by atoms with E-state index in [9.17, 15) is 23.1 Å². The maximum absolute atomic E-state index is 13.4. The van der Waals surface area contributed by atoms with Gasteiger partial charge in [0.25, 0.3) is 10.0 Å². The Morgan fingerprint density at radius 3 is 2.24 bits per heavy atom. The number of hydrogen-bond donors (Lipinski definition) is 1. The summed E-state index contributed by atoms with van der Waals surface area (Å²) in [4.78, 5) is 24.4. The first-order chi connectivity index (χ1) is 18.1. The average Bonchev–Trinajstić information content (AvgIpc) is 2.89. The molecule has 0 heterocycles. The van der Waals surface area contributed by atoms with Gasteiger partial charge in [0.05, 0.1) is 22.2 Å². The maximum atomic E-state index is 13.4. The van der Waals surface area contributed by atoms with E-state index in [0.29, 0.717) is 28.3 Å². The van der Waals surface area contributed by atoms with Crippen molar-refractivity contribution in [3.05, 3.63) is 106 Å². The highest BCUT2D eigenvalue weighted by Crippen LogP contribution is 2.31. The molecule has 0 fully saturated rings. The number of nitriles is 1. The van der Waals surface area contributed by atoms with Crippen LogP contribution in [0.25, 0.3) is 10.8 Å². The van der Waals surface area contributed by atoms with Crippen molar-refractivity contribution >= 4 is 61.4 Å². The minimum Gasteiger partial charge on any atom is -0.480 e. The fourth-order valence-corrected chi connectivity index (χ4v) is 6.18. The van der Waals surface area contributed by atoms with Crippen molar-refractivity contribution in [2.45, 2.75) is 17.7 Å². The van der Waals surface area contributed by atoms with E-state index in [4.69, 9.17) is 28.5 Å². The number of benzene rings is 4. The van der Waals surface area contributed by atoms with E-state index in [2.05, 4.69) is 6.07 Å². The van der Waals surface area contributed by atoms with Gasteiger partial charge in [0.15, 0.2) is 5.78 Å². The third-order valence-electron chi connectivity index (χ3n) is 5.88. The number of carboxylic acids is 1. The first-order valence-corrected chi connectivity index (χ1v) is 13.5. The Balaban J connectivity index is 1.67. The SMILES string of the molecule is N#Cc1ccc(CCC(=O)c2cccc3cc(N(CC(=O)O)S(=O)(=O)c4cc(Cl)cc(Cl)c4)ccc23)cc1. The zero-order valence-corrected chi connectivity index (χ0v) is 22.1. The lowest BCUT2D eigenvalue weighted by atomic mass is 9.97. The van der Waals surface area contributed by atoms with Gasteiger partial charge >= 0.3 is 5.97 Å². The number of carbonyl (C=O) groups is 2. The van der Waals surface area contributed by atoms with Crippen LogP contribution < -0.4 is 4.31 Å². The molecule has 0 atom stereocenters. The topological polar surface area (TPSA) is 116 Å². The number of carboxylic acid groups (broad SMARTS) is 1. The highest BCUT2D eigenvalue weighted by atomic mass is 35.5. The number of ketones is 1. The van der Waals surface area contributed by atoms with Gasteiger partial charge in [-0.3, -0.25) is 13.9 Å². The van der Waals surface area contributed by atoms with Gasteiger partial charge in [-0.15, -0.1) is 0 Å². The average molecular weight is 567 g/mol. The molecule has 0 amide bonds. The molecule has 0 aliphatic heterocycles. The molecule has 0 saturated carbocycles. The predicted molar refractivity (Wildman–Crippen MR) is 146 cm³/mol. The molecular weight excluding hydrogens is 547 g/mol. The molecule has 10 heteroatoms. The number of Topliss-reactive ketones (excluding diaryl/α,β-unsaturated/α-hetero) is 1. The van der Waals surface area contributed by atoms with Crippen molar-refractivity contribution in [1.29, 1.82) is 5.26 Å². The minimum absolute atomic E-state index is 0.0917. The molecule has 0 saturated heterocycles. The lowest BCUT2D eigenvalue weighted by Crippen LogP contribution is -2.35. The van der Waals surface area contributed by atoms with Gasteiger partial charge in [-0.25, -0.2) is 8.42 Å². The Kier molecular flexibility index (Phi) is 8.02. The number of carbonyl (C=O) groups excluding carboxylic acids is 1. The van der Waals surface area contributed by atoms with Crippen LogP contribution in [0, 0.1) is 11.3 Å². The van der Waals surface area contributed by atoms with Crippen LogP contribution in [-0.4, -0.2) is 31.8 Å².